The second-order valence-corrected chi connectivity index (χ2v) is 4.96. The molecule has 2 rings (SSSR count). The third kappa shape index (κ3) is 3.87. The van der Waals surface area contributed by atoms with Gasteiger partial charge in [0.1, 0.15) is 6.10 Å². The van der Waals surface area contributed by atoms with E-state index in [0.29, 0.717) is 26.2 Å². The molecular weight excluding hydrogens is 252 g/mol. The topological polar surface area (TPSA) is 77.4 Å². The Hall–Kier alpha value is -0.240. The maximum atomic E-state index is 8.92. The number of aliphatic hydroxyl groups excluding tert-OH is 2. The third-order valence-electron chi connectivity index (χ3n) is 3.60. The third-order valence-corrected chi connectivity index (χ3v) is 3.60. The summed E-state index contributed by atoms with van der Waals surface area (Å²) in [7, 11) is 0. The molecule has 2 aliphatic rings. The number of hydrogen-bond acceptors (Lipinski definition) is 6. The molecule has 1 spiro atoms. The fourth-order valence-electron chi connectivity index (χ4n) is 2.70. The van der Waals surface area contributed by atoms with Crippen molar-refractivity contribution in [1.82, 2.24) is 0 Å². The van der Waals surface area contributed by atoms with Gasteiger partial charge in [-0.2, -0.15) is 0 Å². The SMILES string of the molecule is OCCOC1COC2(CCCCO2)C(OCCO)C1. The Morgan fingerprint density at radius 3 is 2.53 bits per heavy atom. The molecule has 2 heterocycles. The first-order chi connectivity index (χ1) is 9.30. The molecular formula is C13H24O6. The van der Waals surface area contributed by atoms with Crippen LogP contribution in [-0.2, 0) is 18.9 Å². The Bertz CT molecular complexity index is 254. The summed E-state index contributed by atoms with van der Waals surface area (Å²) >= 11 is 0. The van der Waals surface area contributed by atoms with Crippen molar-refractivity contribution in [2.75, 3.05) is 39.6 Å². The first kappa shape index (κ1) is 15.2. The molecule has 0 bridgehead atoms. The highest BCUT2D eigenvalue weighted by molar-refractivity contribution is 4.90. The summed E-state index contributed by atoms with van der Waals surface area (Å²) in [4.78, 5) is 0. The van der Waals surface area contributed by atoms with Crippen LogP contribution >= 0.6 is 0 Å². The van der Waals surface area contributed by atoms with Crippen molar-refractivity contribution in [1.29, 1.82) is 0 Å². The molecule has 112 valence electrons. The number of rotatable bonds is 6. The van der Waals surface area contributed by atoms with Gasteiger partial charge in [-0.25, -0.2) is 0 Å². The Balaban J connectivity index is 1.94. The Labute approximate surface area is 113 Å². The van der Waals surface area contributed by atoms with Crippen molar-refractivity contribution in [3.05, 3.63) is 0 Å². The summed E-state index contributed by atoms with van der Waals surface area (Å²) in [5, 5.41) is 17.7. The summed E-state index contributed by atoms with van der Waals surface area (Å²) < 4.78 is 22.9. The van der Waals surface area contributed by atoms with Gasteiger partial charge in [0.05, 0.1) is 45.7 Å². The van der Waals surface area contributed by atoms with E-state index < -0.39 is 5.79 Å². The number of hydrogen-bond donors (Lipinski definition) is 2. The van der Waals surface area contributed by atoms with Gasteiger partial charge < -0.3 is 29.2 Å². The molecule has 19 heavy (non-hydrogen) atoms. The van der Waals surface area contributed by atoms with Gasteiger partial charge >= 0.3 is 0 Å². The molecule has 2 N–H and O–H groups in total. The molecule has 6 nitrogen and oxygen atoms in total. The van der Waals surface area contributed by atoms with Crippen LogP contribution in [0.1, 0.15) is 25.7 Å². The standard InChI is InChI=1S/C13H24O6/c14-4-7-16-11-9-12(17-8-5-15)13(19-10-11)3-1-2-6-18-13/h11-12,14-15H,1-10H2. The van der Waals surface area contributed by atoms with Crippen LogP contribution in [0.3, 0.4) is 0 Å². The molecule has 2 saturated heterocycles. The van der Waals surface area contributed by atoms with Gasteiger partial charge in [0, 0.05) is 12.8 Å². The van der Waals surface area contributed by atoms with Crippen LogP contribution in [0, 0.1) is 0 Å². The summed E-state index contributed by atoms with van der Waals surface area (Å²) in [6.45, 7) is 1.69. The average molecular weight is 276 g/mol. The van der Waals surface area contributed by atoms with E-state index in [-0.39, 0.29) is 32.0 Å². The summed E-state index contributed by atoms with van der Waals surface area (Å²) in [5.41, 5.74) is 0. The molecule has 0 saturated carbocycles. The van der Waals surface area contributed by atoms with Gasteiger partial charge in [-0.3, -0.25) is 0 Å². The van der Waals surface area contributed by atoms with E-state index in [1.165, 1.54) is 0 Å². The lowest BCUT2D eigenvalue weighted by atomic mass is 9.93. The highest BCUT2D eigenvalue weighted by Crippen LogP contribution is 2.37. The van der Waals surface area contributed by atoms with E-state index in [4.69, 9.17) is 29.2 Å². The number of ether oxygens (including phenoxy) is 4. The molecule has 0 amide bonds. The van der Waals surface area contributed by atoms with Crippen molar-refractivity contribution in [3.63, 3.8) is 0 Å². The summed E-state index contributed by atoms with van der Waals surface area (Å²) in [5.74, 6) is -0.674. The van der Waals surface area contributed by atoms with E-state index in [9.17, 15) is 0 Å². The molecule has 2 fully saturated rings. The zero-order valence-corrected chi connectivity index (χ0v) is 11.3. The lowest BCUT2D eigenvalue weighted by Crippen LogP contribution is -2.57. The largest absolute Gasteiger partial charge is 0.394 e. The van der Waals surface area contributed by atoms with Crippen molar-refractivity contribution in [2.24, 2.45) is 0 Å². The molecule has 3 atom stereocenters. The van der Waals surface area contributed by atoms with Gasteiger partial charge in [0.25, 0.3) is 0 Å². The van der Waals surface area contributed by atoms with Crippen LogP contribution in [0.2, 0.25) is 0 Å². The van der Waals surface area contributed by atoms with Crippen LogP contribution in [0.15, 0.2) is 0 Å². The normalized spacial score (nSPS) is 35.7. The van der Waals surface area contributed by atoms with Crippen molar-refractivity contribution < 1.29 is 29.2 Å². The van der Waals surface area contributed by atoms with Crippen molar-refractivity contribution in [3.8, 4) is 0 Å². The highest BCUT2D eigenvalue weighted by Gasteiger charge is 2.48. The second-order valence-electron chi connectivity index (χ2n) is 4.96. The predicted octanol–water partition coefficient (Wildman–Crippen LogP) is 0.0585. The van der Waals surface area contributed by atoms with E-state index >= 15 is 0 Å². The lowest BCUT2D eigenvalue weighted by Gasteiger charge is -2.47. The van der Waals surface area contributed by atoms with Gasteiger partial charge in [-0.05, 0) is 12.8 Å². The van der Waals surface area contributed by atoms with E-state index in [0.717, 1.165) is 19.3 Å². The minimum atomic E-state index is -0.674. The maximum Gasteiger partial charge on any atom is 0.194 e. The molecule has 0 aromatic heterocycles. The molecule has 0 aromatic carbocycles. The van der Waals surface area contributed by atoms with E-state index in [1.807, 2.05) is 0 Å². The average Bonchev–Trinajstić information content (AvgIpc) is 2.46. The Morgan fingerprint density at radius 1 is 1.05 bits per heavy atom. The zero-order valence-electron chi connectivity index (χ0n) is 11.3. The smallest absolute Gasteiger partial charge is 0.194 e. The Kier molecular flexibility index (Phi) is 6.00. The first-order valence-corrected chi connectivity index (χ1v) is 7.03. The first-order valence-electron chi connectivity index (χ1n) is 7.03. The minimum absolute atomic E-state index is 0.000304. The van der Waals surface area contributed by atoms with Gasteiger partial charge in [0.15, 0.2) is 5.79 Å². The fraction of sp³-hybridized carbons (Fsp3) is 1.00. The van der Waals surface area contributed by atoms with Gasteiger partial charge in [0.2, 0.25) is 0 Å². The van der Waals surface area contributed by atoms with Crippen molar-refractivity contribution >= 4 is 0 Å². The summed E-state index contributed by atoms with van der Waals surface area (Å²) in [6, 6.07) is 0. The quantitative estimate of drug-likeness (QED) is 0.714. The van der Waals surface area contributed by atoms with Crippen LogP contribution in [0.25, 0.3) is 0 Å². The van der Waals surface area contributed by atoms with Gasteiger partial charge in [-0.15, -0.1) is 0 Å². The maximum absolute atomic E-state index is 8.92. The second kappa shape index (κ2) is 7.52. The molecule has 0 aliphatic carbocycles. The molecule has 0 aromatic rings. The van der Waals surface area contributed by atoms with Gasteiger partial charge in [-0.1, -0.05) is 0 Å². The molecule has 2 aliphatic heterocycles. The minimum Gasteiger partial charge on any atom is -0.394 e. The van der Waals surface area contributed by atoms with Crippen LogP contribution in [0.5, 0.6) is 0 Å². The highest BCUT2D eigenvalue weighted by atomic mass is 16.7. The van der Waals surface area contributed by atoms with E-state index in [1.54, 1.807) is 0 Å². The van der Waals surface area contributed by atoms with Crippen LogP contribution < -0.4 is 0 Å². The van der Waals surface area contributed by atoms with Crippen LogP contribution in [0.4, 0.5) is 0 Å². The molecule has 0 radical (unpaired) electrons. The molecule has 3 unspecified atom stereocenters. The number of aliphatic hydroxyl groups is 2. The summed E-state index contributed by atoms with van der Waals surface area (Å²) in [6.07, 6.45) is 3.27. The monoisotopic (exact) mass is 276 g/mol. The van der Waals surface area contributed by atoms with Crippen molar-refractivity contribution in [2.45, 2.75) is 43.7 Å². The van der Waals surface area contributed by atoms with Crippen LogP contribution in [-0.4, -0.2) is 67.8 Å². The Morgan fingerprint density at radius 2 is 1.84 bits per heavy atom. The molecule has 6 heteroatoms. The fourth-order valence-corrected chi connectivity index (χ4v) is 2.70. The lowest BCUT2D eigenvalue weighted by molar-refractivity contribution is -0.338. The zero-order chi connectivity index (χ0) is 13.6. The van der Waals surface area contributed by atoms with E-state index in [2.05, 4.69) is 0 Å². The predicted molar refractivity (Wildman–Crippen MR) is 66.8 cm³/mol.